The van der Waals surface area contributed by atoms with E-state index in [0.29, 0.717) is 28.0 Å². The molecule has 0 spiro atoms. The maximum atomic E-state index is 12.5. The minimum atomic E-state index is -0.627. The van der Waals surface area contributed by atoms with Gasteiger partial charge in [0.2, 0.25) is 0 Å². The summed E-state index contributed by atoms with van der Waals surface area (Å²) in [5.41, 5.74) is 1.47. The standard InChI is InChI=1S/C24H23NO6S/c1-3-29-20(26)15-31-18-12-10-16(11-13-18)14-19-22(27)21(24(28)30-4-2)23(32-19)25-17-8-6-5-7-9-17/h5-14,27H,3-4,15H2,1-2H3/b19-14-,25-23?. The van der Waals surface area contributed by atoms with E-state index in [1.54, 1.807) is 44.2 Å². The number of hydrogen-bond donors (Lipinski definition) is 1. The smallest absolute Gasteiger partial charge is 0.344 e. The van der Waals surface area contributed by atoms with Crippen molar-refractivity contribution in [1.82, 2.24) is 0 Å². The number of aliphatic hydroxyl groups excluding tert-OH is 1. The summed E-state index contributed by atoms with van der Waals surface area (Å²) in [7, 11) is 0. The lowest BCUT2D eigenvalue weighted by molar-refractivity contribution is -0.145. The van der Waals surface area contributed by atoms with Crippen LogP contribution in [0, 0.1) is 0 Å². The molecular weight excluding hydrogens is 430 g/mol. The molecule has 0 saturated heterocycles. The number of aliphatic imine (C=N–C) groups is 1. The maximum absolute atomic E-state index is 12.5. The van der Waals surface area contributed by atoms with Crippen LogP contribution in [-0.2, 0) is 19.1 Å². The molecule has 1 heterocycles. The van der Waals surface area contributed by atoms with E-state index in [-0.39, 0.29) is 24.5 Å². The minimum Gasteiger partial charge on any atom is -0.506 e. The number of hydrogen-bond acceptors (Lipinski definition) is 8. The van der Waals surface area contributed by atoms with E-state index in [1.807, 2.05) is 30.3 Å². The number of rotatable bonds is 8. The molecule has 0 aromatic heterocycles. The van der Waals surface area contributed by atoms with Gasteiger partial charge in [-0.1, -0.05) is 42.1 Å². The second-order valence-corrected chi connectivity index (χ2v) is 7.50. The number of esters is 2. The Labute approximate surface area is 190 Å². The highest BCUT2D eigenvalue weighted by molar-refractivity contribution is 8.18. The first-order chi connectivity index (χ1) is 15.5. The van der Waals surface area contributed by atoms with E-state index in [0.717, 1.165) is 5.56 Å². The number of carbonyl (C=O) groups excluding carboxylic acids is 2. The number of aliphatic hydroxyl groups is 1. The zero-order valence-electron chi connectivity index (χ0n) is 17.7. The third-order valence-electron chi connectivity index (χ3n) is 4.20. The lowest BCUT2D eigenvalue weighted by Gasteiger charge is -2.06. The van der Waals surface area contributed by atoms with Crippen LogP contribution in [0.5, 0.6) is 5.75 Å². The van der Waals surface area contributed by atoms with Crippen molar-refractivity contribution in [2.45, 2.75) is 13.8 Å². The number of nitrogens with zero attached hydrogens (tertiary/aromatic N) is 1. The molecule has 0 fully saturated rings. The zero-order chi connectivity index (χ0) is 22.9. The molecule has 0 unspecified atom stereocenters. The molecule has 0 radical (unpaired) electrons. The van der Waals surface area contributed by atoms with Crippen molar-refractivity contribution in [3.05, 3.63) is 76.4 Å². The lowest BCUT2D eigenvalue weighted by Crippen LogP contribution is -2.14. The number of ether oxygens (including phenoxy) is 3. The largest absolute Gasteiger partial charge is 0.506 e. The molecule has 8 heteroatoms. The highest BCUT2D eigenvalue weighted by atomic mass is 32.2. The molecule has 3 rings (SSSR count). The number of thioether (sulfide) groups is 1. The maximum Gasteiger partial charge on any atom is 0.344 e. The summed E-state index contributed by atoms with van der Waals surface area (Å²) in [6.45, 7) is 3.75. The van der Waals surface area contributed by atoms with E-state index in [4.69, 9.17) is 14.2 Å². The second kappa shape index (κ2) is 11.2. The van der Waals surface area contributed by atoms with Crippen LogP contribution in [0.3, 0.4) is 0 Å². The molecule has 2 aromatic rings. The molecule has 166 valence electrons. The van der Waals surface area contributed by atoms with Crippen LogP contribution >= 0.6 is 11.8 Å². The van der Waals surface area contributed by atoms with Gasteiger partial charge in [0.15, 0.2) is 6.61 Å². The van der Waals surface area contributed by atoms with Gasteiger partial charge in [-0.25, -0.2) is 14.6 Å². The first-order valence-corrected chi connectivity index (χ1v) is 10.9. The average molecular weight is 454 g/mol. The third-order valence-corrected chi connectivity index (χ3v) is 5.22. The topological polar surface area (TPSA) is 94.4 Å². The Morgan fingerprint density at radius 3 is 2.34 bits per heavy atom. The fraction of sp³-hybridized carbons (Fsp3) is 0.208. The monoisotopic (exact) mass is 453 g/mol. The second-order valence-electron chi connectivity index (χ2n) is 6.47. The minimum absolute atomic E-state index is 0.0429. The molecule has 2 aromatic carbocycles. The van der Waals surface area contributed by atoms with Crippen LogP contribution in [0.4, 0.5) is 5.69 Å². The Morgan fingerprint density at radius 2 is 1.69 bits per heavy atom. The molecule has 1 N–H and O–H groups in total. The Hall–Kier alpha value is -3.52. The Morgan fingerprint density at radius 1 is 1.00 bits per heavy atom. The van der Waals surface area contributed by atoms with Crippen molar-refractivity contribution in [3.8, 4) is 5.75 Å². The molecule has 0 saturated carbocycles. The van der Waals surface area contributed by atoms with Gasteiger partial charge in [0.05, 0.1) is 23.8 Å². The van der Waals surface area contributed by atoms with Crippen molar-refractivity contribution < 1.29 is 28.9 Å². The van der Waals surface area contributed by atoms with Gasteiger partial charge in [0, 0.05) is 0 Å². The van der Waals surface area contributed by atoms with Crippen LogP contribution in [0.25, 0.3) is 6.08 Å². The third kappa shape index (κ3) is 6.01. The molecular formula is C24H23NO6S. The van der Waals surface area contributed by atoms with E-state index in [9.17, 15) is 14.7 Å². The SMILES string of the molecule is CCOC(=O)COc1ccc(/C=C2\SC(=Nc3ccccc3)C(C(=O)OCC)=C2O)cc1. The van der Waals surface area contributed by atoms with Crippen LogP contribution in [0.2, 0.25) is 0 Å². The summed E-state index contributed by atoms with van der Waals surface area (Å²) in [6, 6.07) is 16.1. The molecule has 7 nitrogen and oxygen atoms in total. The highest BCUT2D eigenvalue weighted by Gasteiger charge is 2.33. The van der Waals surface area contributed by atoms with Gasteiger partial charge >= 0.3 is 11.9 Å². The molecule has 0 atom stereocenters. The summed E-state index contributed by atoms with van der Waals surface area (Å²) >= 11 is 1.19. The van der Waals surface area contributed by atoms with Gasteiger partial charge < -0.3 is 19.3 Å². The van der Waals surface area contributed by atoms with Crippen LogP contribution in [-0.4, -0.2) is 41.9 Å². The summed E-state index contributed by atoms with van der Waals surface area (Å²) in [5.74, 6) is -0.727. The average Bonchev–Trinajstić information content (AvgIpc) is 3.09. The van der Waals surface area contributed by atoms with Crippen LogP contribution < -0.4 is 4.74 Å². The van der Waals surface area contributed by atoms with E-state index in [1.165, 1.54) is 11.8 Å². The summed E-state index contributed by atoms with van der Waals surface area (Å²) in [5, 5.41) is 11.1. The molecule has 1 aliphatic rings. The molecule has 1 aliphatic heterocycles. The summed E-state index contributed by atoms with van der Waals surface area (Å²) in [4.78, 5) is 28.8. The van der Waals surface area contributed by atoms with Crippen molar-refractivity contribution in [3.63, 3.8) is 0 Å². The van der Waals surface area contributed by atoms with Gasteiger partial charge in [-0.05, 0) is 49.8 Å². The predicted molar refractivity (Wildman–Crippen MR) is 124 cm³/mol. The van der Waals surface area contributed by atoms with Crippen LogP contribution in [0.1, 0.15) is 19.4 Å². The van der Waals surface area contributed by atoms with Gasteiger partial charge in [-0.2, -0.15) is 0 Å². The summed E-state index contributed by atoms with van der Waals surface area (Å²) < 4.78 is 15.3. The Kier molecular flexibility index (Phi) is 8.10. The number of carbonyl (C=O) groups is 2. The highest BCUT2D eigenvalue weighted by Crippen LogP contribution is 2.40. The fourth-order valence-corrected chi connectivity index (χ4v) is 3.80. The molecule has 0 bridgehead atoms. The molecule has 0 amide bonds. The normalized spacial score (nSPS) is 15.8. The van der Waals surface area contributed by atoms with Crippen molar-refractivity contribution in [2.24, 2.45) is 4.99 Å². The molecule has 0 aliphatic carbocycles. The van der Waals surface area contributed by atoms with Crippen LogP contribution in [0.15, 0.2) is 75.8 Å². The van der Waals surface area contributed by atoms with Crippen molar-refractivity contribution >= 4 is 40.5 Å². The lowest BCUT2D eigenvalue weighted by atomic mass is 10.1. The Bertz CT molecular complexity index is 1060. The quantitative estimate of drug-likeness (QED) is 0.573. The van der Waals surface area contributed by atoms with Crippen molar-refractivity contribution in [2.75, 3.05) is 19.8 Å². The van der Waals surface area contributed by atoms with Gasteiger partial charge in [0.25, 0.3) is 0 Å². The first-order valence-electron chi connectivity index (χ1n) is 10.0. The predicted octanol–water partition coefficient (Wildman–Crippen LogP) is 4.82. The zero-order valence-corrected chi connectivity index (χ0v) is 18.6. The van der Waals surface area contributed by atoms with Gasteiger partial charge in [-0.3, -0.25) is 0 Å². The number of para-hydroxylation sites is 1. The fourth-order valence-electron chi connectivity index (χ4n) is 2.77. The molecule has 32 heavy (non-hydrogen) atoms. The first kappa shape index (κ1) is 23.1. The number of benzene rings is 2. The van der Waals surface area contributed by atoms with Gasteiger partial charge in [-0.15, -0.1) is 0 Å². The van der Waals surface area contributed by atoms with Gasteiger partial charge in [0.1, 0.15) is 22.1 Å². The van der Waals surface area contributed by atoms with E-state index < -0.39 is 11.9 Å². The Balaban J connectivity index is 1.83. The van der Waals surface area contributed by atoms with E-state index >= 15 is 0 Å². The van der Waals surface area contributed by atoms with E-state index in [2.05, 4.69) is 4.99 Å². The summed E-state index contributed by atoms with van der Waals surface area (Å²) in [6.07, 6.45) is 1.74. The van der Waals surface area contributed by atoms with Crippen molar-refractivity contribution in [1.29, 1.82) is 0 Å².